The van der Waals surface area contributed by atoms with E-state index < -0.39 is 0 Å². The average Bonchev–Trinajstić information content (AvgIpc) is 2.63. The zero-order valence-corrected chi connectivity index (χ0v) is 11.9. The zero-order valence-electron chi connectivity index (χ0n) is 11.9. The van der Waals surface area contributed by atoms with Crippen LogP contribution in [0.15, 0.2) is 12.5 Å². The van der Waals surface area contributed by atoms with Gasteiger partial charge in [-0.15, -0.1) is 0 Å². The van der Waals surface area contributed by atoms with Crippen LogP contribution in [0.3, 0.4) is 0 Å². The molecular weight excluding hydrogens is 224 g/mol. The lowest BCUT2D eigenvalue weighted by atomic mass is 10.1. The zero-order chi connectivity index (χ0) is 13.0. The molecule has 2 heterocycles. The van der Waals surface area contributed by atoms with E-state index in [0.29, 0.717) is 12.1 Å². The number of imidazole rings is 1. The molecule has 0 amide bonds. The van der Waals surface area contributed by atoms with Crippen LogP contribution in [0.25, 0.3) is 0 Å². The molecule has 0 radical (unpaired) electrons. The number of aromatic nitrogens is 2. The lowest BCUT2D eigenvalue weighted by Crippen LogP contribution is -2.32. The smallest absolute Gasteiger partial charge is 0.0951 e. The van der Waals surface area contributed by atoms with E-state index in [2.05, 4.69) is 40.7 Å². The molecule has 2 rings (SSSR count). The molecule has 0 aliphatic carbocycles. The SMILES string of the molecule is CC(C)n1cncc1CN(C)C1CCCNCC1. The first-order valence-electron chi connectivity index (χ1n) is 7.10. The van der Waals surface area contributed by atoms with E-state index in [-0.39, 0.29) is 0 Å². The van der Waals surface area contributed by atoms with Crippen molar-refractivity contribution in [1.29, 1.82) is 0 Å². The lowest BCUT2D eigenvalue weighted by molar-refractivity contribution is 0.211. The van der Waals surface area contributed by atoms with Gasteiger partial charge in [-0.05, 0) is 53.2 Å². The van der Waals surface area contributed by atoms with Gasteiger partial charge >= 0.3 is 0 Å². The summed E-state index contributed by atoms with van der Waals surface area (Å²) in [6, 6.07) is 1.20. The van der Waals surface area contributed by atoms with Crippen molar-refractivity contribution in [3.63, 3.8) is 0 Å². The third kappa shape index (κ3) is 3.33. The van der Waals surface area contributed by atoms with Crippen LogP contribution >= 0.6 is 0 Å². The van der Waals surface area contributed by atoms with Crippen LogP contribution in [0.2, 0.25) is 0 Å². The molecule has 1 aliphatic rings. The minimum Gasteiger partial charge on any atom is -0.331 e. The predicted molar refractivity (Wildman–Crippen MR) is 74.6 cm³/mol. The third-order valence-electron chi connectivity index (χ3n) is 3.88. The quantitative estimate of drug-likeness (QED) is 0.887. The number of nitrogens with zero attached hydrogens (tertiary/aromatic N) is 3. The van der Waals surface area contributed by atoms with Crippen LogP contribution < -0.4 is 5.32 Å². The van der Waals surface area contributed by atoms with E-state index >= 15 is 0 Å². The maximum absolute atomic E-state index is 4.28. The van der Waals surface area contributed by atoms with Crippen molar-refractivity contribution in [3.8, 4) is 0 Å². The van der Waals surface area contributed by atoms with Crippen molar-refractivity contribution in [2.75, 3.05) is 20.1 Å². The summed E-state index contributed by atoms with van der Waals surface area (Å²) in [4.78, 5) is 6.77. The van der Waals surface area contributed by atoms with Crippen molar-refractivity contribution in [1.82, 2.24) is 19.8 Å². The van der Waals surface area contributed by atoms with Gasteiger partial charge in [0.2, 0.25) is 0 Å². The number of hydrogen-bond donors (Lipinski definition) is 1. The first kappa shape index (κ1) is 13.6. The second kappa shape index (κ2) is 6.34. The van der Waals surface area contributed by atoms with E-state index in [1.165, 1.54) is 31.5 Å². The molecule has 0 aromatic carbocycles. The Morgan fingerprint density at radius 1 is 1.44 bits per heavy atom. The summed E-state index contributed by atoms with van der Waals surface area (Å²) in [6.07, 6.45) is 7.80. The first-order chi connectivity index (χ1) is 8.68. The van der Waals surface area contributed by atoms with Crippen molar-refractivity contribution >= 4 is 0 Å². The molecule has 1 aromatic rings. The molecule has 1 saturated heterocycles. The largest absolute Gasteiger partial charge is 0.331 e. The predicted octanol–water partition coefficient (Wildman–Crippen LogP) is 2.04. The summed E-state index contributed by atoms with van der Waals surface area (Å²) in [6.45, 7) is 7.75. The van der Waals surface area contributed by atoms with Gasteiger partial charge in [0.15, 0.2) is 0 Å². The minimum absolute atomic E-state index is 0.492. The van der Waals surface area contributed by atoms with Crippen LogP contribution in [-0.2, 0) is 6.54 Å². The van der Waals surface area contributed by atoms with Gasteiger partial charge in [-0.2, -0.15) is 0 Å². The normalized spacial score (nSPS) is 21.5. The molecule has 1 fully saturated rings. The maximum atomic E-state index is 4.28. The number of hydrogen-bond acceptors (Lipinski definition) is 3. The van der Waals surface area contributed by atoms with Gasteiger partial charge in [0.05, 0.1) is 12.0 Å². The number of rotatable bonds is 4. The van der Waals surface area contributed by atoms with Gasteiger partial charge in [-0.3, -0.25) is 4.90 Å². The Labute approximate surface area is 110 Å². The van der Waals surface area contributed by atoms with Crippen LogP contribution in [-0.4, -0.2) is 40.6 Å². The van der Waals surface area contributed by atoms with E-state index in [4.69, 9.17) is 0 Å². The molecule has 1 unspecified atom stereocenters. The molecule has 18 heavy (non-hydrogen) atoms. The summed E-state index contributed by atoms with van der Waals surface area (Å²) in [5.74, 6) is 0. The first-order valence-corrected chi connectivity index (χ1v) is 7.10. The van der Waals surface area contributed by atoms with E-state index in [1.54, 1.807) is 0 Å². The lowest BCUT2D eigenvalue weighted by Gasteiger charge is -2.27. The molecule has 1 atom stereocenters. The minimum atomic E-state index is 0.492. The van der Waals surface area contributed by atoms with Crippen LogP contribution in [0.5, 0.6) is 0 Å². The fraction of sp³-hybridized carbons (Fsp3) is 0.786. The molecule has 1 aliphatic heterocycles. The Hall–Kier alpha value is -0.870. The van der Waals surface area contributed by atoms with Gasteiger partial charge in [-0.25, -0.2) is 4.98 Å². The van der Waals surface area contributed by atoms with E-state index in [9.17, 15) is 0 Å². The van der Waals surface area contributed by atoms with Crippen molar-refractivity contribution < 1.29 is 0 Å². The van der Waals surface area contributed by atoms with E-state index in [1.807, 2.05) is 12.5 Å². The molecule has 0 saturated carbocycles. The van der Waals surface area contributed by atoms with Gasteiger partial charge in [0.1, 0.15) is 0 Å². The topological polar surface area (TPSA) is 33.1 Å². The average molecular weight is 250 g/mol. The summed E-state index contributed by atoms with van der Waals surface area (Å²) < 4.78 is 2.27. The van der Waals surface area contributed by atoms with Gasteiger partial charge < -0.3 is 9.88 Å². The van der Waals surface area contributed by atoms with Gasteiger partial charge in [0.25, 0.3) is 0 Å². The molecule has 1 aromatic heterocycles. The fourth-order valence-corrected chi connectivity index (χ4v) is 2.75. The summed E-state index contributed by atoms with van der Waals surface area (Å²) in [7, 11) is 2.24. The molecule has 4 nitrogen and oxygen atoms in total. The monoisotopic (exact) mass is 250 g/mol. The Morgan fingerprint density at radius 2 is 2.28 bits per heavy atom. The maximum Gasteiger partial charge on any atom is 0.0951 e. The van der Waals surface area contributed by atoms with Crippen molar-refractivity contribution in [3.05, 3.63) is 18.2 Å². The molecule has 0 spiro atoms. The second-order valence-electron chi connectivity index (χ2n) is 5.64. The highest BCUT2D eigenvalue weighted by Gasteiger charge is 2.18. The molecule has 1 N–H and O–H groups in total. The highest BCUT2D eigenvalue weighted by molar-refractivity contribution is 5.00. The Balaban J connectivity index is 1.97. The Kier molecular flexibility index (Phi) is 4.78. The summed E-state index contributed by atoms with van der Waals surface area (Å²) in [5, 5.41) is 3.48. The Morgan fingerprint density at radius 3 is 3.06 bits per heavy atom. The summed E-state index contributed by atoms with van der Waals surface area (Å²) >= 11 is 0. The summed E-state index contributed by atoms with van der Waals surface area (Å²) in [5.41, 5.74) is 1.32. The van der Waals surface area contributed by atoms with Crippen molar-refractivity contribution in [2.24, 2.45) is 0 Å². The van der Waals surface area contributed by atoms with Crippen LogP contribution in [0, 0.1) is 0 Å². The third-order valence-corrected chi connectivity index (χ3v) is 3.88. The van der Waals surface area contributed by atoms with Crippen LogP contribution in [0.1, 0.15) is 44.8 Å². The number of nitrogens with one attached hydrogen (secondary N) is 1. The molecule has 4 heteroatoms. The Bertz CT molecular complexity index is 350. The van der Waals surface area contributed by atoms with E-state index in [0.717, 1.165) is 13.1 Å². The standard InChI is InChI=1S/C14H26N4/c1-12(2)18-11-16-9-14(18)10-17(3)13-5-4-7-15-8-6-13/h9,11-13,15H,4-8,10H2,1-3H3. The second-order valence-corrected chi connectivity index (χ2v) is 5.64. The molecule has 102 valence electrons. The van der Waals surface area contributed by atoms with Gasteiger partial charge in [-0.1, -0.05) is 0 Å². The van der Waals surface area contributed by atoms with Crippen molar-refractivity contribution in [2.45, 2.75) is 51.7 Å². The fourth-order valence-electron chi connectivity index (χ4n) is 2.75. The van der Waals surface area contributed by atoms with Crippen LogP contribution in [0.4, 0.5) is 0 Å². The molecule has 0 bridgehead atoms. The van der Waals surface area contributed by atoms with Gasteiger partial charge in [0, 0.05) is 24.8 Å². The highest BCUT2D eigenvalue weighted by atomic mass is 15.2. The highest BCUT2D eigenvalue weighted by Crippen LogP contribution is 2.16. The molecular formula is C14H26N4.